The summed E-state index contributed by atoms with van der Waals surface area (Å²) in [6, 6.07) is 29.1. The molecule has 0 radical (unpaired) electrons. The van der Waals surface area contributed by atoms with Gasteiger partial charge in [-0.2, -0.15) is 0 Å². The Morgan fingerprint density at radius 1 is 0.971 bits per heavy atom. The van der Waals surface area contributed by atoms with Crippen LogP contribution in [-0.2, 0) is 9.73 Å². The molecular weight excluding hydrogens is 536 g/mol. The maximum atomic E-state index is 8.86. The van der Waals surface area contributed by atoms with Gasteiger partial charge in [-0.3, -0.25) is 5.26 Å². The van der Waals surface area contributed by atoms with E-state index in [1.54, 1.807) is 4.68 Å². The van der Waals surface area contributed by atoms with Crippen molar-refractivity contribution in [2.75, 3.05) is 18.7 Å². The Kier molecular flexibility index (Phi) is 8.58. The number of hydrogen-bond donors (Lipinski definition) is 3. The second-order valence-corrected chi connectivity index (χ2v) is 14.0. The topological polar surface area (TPSA) is 97.2 Å². The molecule has 0 bridgehead atoms. The first-order valence-corrected chi connectivity index (χ1v) is 15.0. The maximum absolute atomic E-state index is 8.86. The molecule has 34 heavy (non-hydrogen) atoms. The van der Waals surface area contributed by atoms with E-state index in [1.807, 2.05) is 24.3 Å². The van der Waals surface area contributed by atoms with Crippen LogP contribution in [0.2, 0.25) is 0 Å². The SMILES string of the molecule is OOCC(CCONc1ccc(P(=[Se])(c2ccccc2)c2ccccc2)cc1)n1[nH]nnc1=S. The third kappa shape index (κ3) is 5.62. The van der Waals surface area contributed by atoms with Crippen molar-refractivity contribution in [3.63, 3.8) is 0 Å². The molecule has 1 aromatic heterocycles. The number of H-pyrrole nitrogens is 1. The number of rotatable bonds is 11. The Morgan fingerprint density at radius 3 is 2.09 bits per heavy atom. The zero-order valence-electron chi connectivity index (χ0n) is 18.2. The summed E-state index contributed by atoms with van der Waals surface area (Å²) in [6.07, 6.45) is 0.518. The Labute approximate surface area is 210 Å². The number of anilines is 1. The molecule has 0 spiro atoms. The molecule has 0 saturated heterocycles. The van der Waals surface area contributed by atoms with Crippen LogP contribution in [0.5, 0.6) is 0 Å². The van der Waals surface area contributed by atoms with Gasteiger partial charge in [-0.05, 0) is 12.2 Å². The molecule has 1 atom stereocenters. The number of tetrazole rings is 1. The fraction of sp³-hybridized carbons (Fsp3) is 0.174. The van der Waals surface area contributed by atoms with Crippen molar-refractivity contribution in [2.45, 2.75) is 12.5 Å². The normalized spacial score (nSPS) is 12.4. The molecule has 3 aromatic carbocycles. The van der Waals surface area contributed by atoms with Gasteiger partial charge in [-0.15, -0.1) is 0 Å². The molecule has 4 aromatic rings. The Bertz CT molecular complexity index is 1240. The molecule has 4 rings (SSSR count). The van der Waals surface area contributed by atoms with Crippen LogP contribution < -0.4 is 21.4 Å². The number of aromatic nitrogens is 4. The van der Waals surface area contributed by atoms with E-state index < -0.39 is 5.51 Å². The number of aromatic amines is 1. The van der Waals surface area contributed by atoms with Crippen LogP contribution in [0.1, 0.15) is 12.5 Å². The van der Waals surface area contributed by atoms with Crippen LogP contribution >= 0.6 is 17.7 Å². The number of nitrogens with zero attached hydrogens (tertiary/aromatic N) is 3. The summed E-state index contributed by atoms with van der Waals surface area (Å²) < 4.78 is 1.84. The van der Waals surface area contributed by atoms with Crippen molar-refractivity contribution >= 4 is 54.4 Å². The van der Waals surface area contributed by atoms with Crippen molar-refractivity contribution in [3.05, 3.63) is 89.7 Å². The minimum atomic E-state index is -1.89. The Balaban J connectivity index is 1.44. The van der Waals surface area contributed by atoms with E-state index in [4.69, 9.17) is 22.3 Å². The minimum Gasteiger partial charge on any atom is -0.0988 e. The van der Waals surface area contributed by atoms with Gasteiger partial charge in [0, 0.05) is 0 Å². The average Bonchev–Trinajstić information content (AvgIpc) is 3.32. The van der Waals surface area contributed by atoms with Gasteiger partial charge < -0.3 is 0 Å². The second-order valence-electron chi connectivity index (χ2n) is 7.47. The standard InChI is InChI=1S/C23H24N5O3PSSe/c29-31-17-19(28-23(33)24-26-27-28)15-16-30-25-18-11-13-22(14-12-18)32(34,20-7-3-1-4-8-20)21-9-5-2-6-10-21/h1-14,19,25,29H,15-17H2,(H,24,27,33). The smallest absolute Gasteiger partial charge is 0.0988 e. The molecule has 1 heterocycles. The van der Waals surface area contributed by atoms with E-state index >= 15 is 0 Å². The van der Waals surface area contributed by atoms with Crippen LogP contribution in [0.3, 0.4) is 0 Å². The number of nitrogens with one attached hydrogen (secondary N) is 2. The first-order chi connectivity index (χ1) is 16.6. The van der Waals surface area contributed by atoms with Gasteiger partial charge in [0.05, 0.1) is 0 Å². The first-order valence-electron chi connectivity index (χ1n) is 10.6. The van der Waals surface area contributed by atoms with Crippen molar-refractivity contribution in [1.29, 1.82) is 0 Å². The summed E-state index contributed by atoms with van der Waals surface area (Å²) in [5, 5.41) is 22.7. The molecule has 0 aliphatic carbocycles. The molecule has 1 unspecified atom stereocenters. The van der Waals surface area contributed by atoms with Crippen LogP contribution in [0, 0.1) is 4.77 Å². The predicted octanol–water partition coefficient (Wildman–Crippen LogP) is 3.18. The molecular formula is C23H24N5O3PSSe. The minimum absolute atomic E-state index is 0.0357. The summed E-state index contributed by atoms with van der Waals surface area (Å²) in [7, 11) is 0. The third-order valence-electron chi connectivity index (χ3n) is 5.34. The van der Waals surface area contributed by atoms with Gasteiger partial charge in [0.25, 0.3) is 0 Å². The van der Waals surface area contributed by atoms with Gasteiger partial charge in [-0.25, -0.2) is 0 Å². The van der Waals surface area contributed by atoms with Crippen LogP contribution in [-0.4, -0.2) is 53.8 Å². The molecule has 0 saturated carbocycles. The summed E-state index contributed by atoms with van der Waals surface area (Å²) >= 11 is 8.67. The first kappa shape index (κ1) is 24.7. The predicted molar refractivity (Wildman–Crippen MR) is 138 cm³/mol. The molecule has 11 heteroatoms. The van der Waals surface area contributed by atoms with E-state index in [-0.39, 0.29) is 17.4 Å². The average molecular weight is 560 g/mol. The van der Waals surface area contributed by atoms with E-state index in [0.29, 0.717) is 13.0 Å². The zero-order chi connectivity index (χ0) is 23.8. The fourth-order valence-corrected chi connectivity index (χ4v) is 8.78. The summed E-state index contributed by atoms with van der Waals surface area (Å²) in [4.78, 5) is 9.94. The van der Waals surface area contributed by atoms with Crippen molar-refractivity contribution in [3.8, 4) is 0 Å². The number of benzene rings is 3. The van der Waals surface area contributed by atoms with E-state index in [0.717, 1.165) is 5.69 Å². The summed E-state index contributed by atoms with van der Waals surface area (Å²) in [5.74, 6) is 0. The van der Waals surface area contributed by atoms with Crippen molar-refractivity contribution in [1.82, 2.24) is 20.2 Å². The van der Waals surface area contributed by atoms with Gasteiger partial charge >= 0.3 is 183 Å². The van der Waals surface area contributed by atoms with Crippen LogP contribution in [0.25, 0.3) is 0 Å². The van der Waals surface area contributed by atoms with Gasteiger partial charge in [0.1, 0.15) is 0 Å². The Morgan fingerprint density at radius 2 is 1.56 bits per heavy atom. The molecule has 176 valence electrons. The molecule has 8 nitrogen and oxygen atoms in total. The van der Waals surface area contributed by atoms with Gasteiger partial charge in [0.15, 0.2) is 0 Å². The van der Waals surface area contributed by atoms with Crippen molar-refractivity contribution < 1.29 is 15.0 Å². The van der Waals surface area contributed by atoms with Gasteiger partial charge in [0.2, 0.25) is 0 Å². The van der Waals surface area contributed by atoms with E-state index in [2.05, 4.69) is 102 Å². The molecule has 3 N–H and O–H groups in total. The summed E-state index contributed by atoms with van der Waals surface area (Å²) in [5.41, 5.74) is 1.93. The second kappa shape index (κ2) is 11.8. The van der Waals surface area contributed by atoms with E-state index in [9.17, 15) is 0 Å². The fourth-order valence-electron chi connectivity index (χ4n) is 3.61. The van der Waals surface area contributed by atoms with Crippen LogP contribution in [0.4, 0.5) is 5.69 Å². The summed E-state index contributed by atoms with van der Waals surface area (Å²) in [6.45, 7) is 0.386. The Hall–Kier alpha value is -2.42. The molecule has 0 amide bonds. The number of hydrogen-bond acceptors (Lipinski definition) is 7. The van der Waals surface area contributed by atoms with Crippen molar-refractivity contribution in [2.24, 2.45) is 0 Å². The molecule has 0 aliphatic rings. The van der Waals surface area contributed by atoms with Crippen LogP contribution in [0.15, 0.2) is 84.9 Å². The quantitative estimate of drug-likeness (QED) is 0.0648. The monoisotopic (exact) mass is 561 g/mol. The van der Waals surface area contributed by atoms with E-state index in [1.165, 1.54) is 15.9 Å². The van der Waals surface area contributed by atoms with Gasteiger partial charge in [-0.1, -0.05) is 10.3 Å². The molecule has 0 fully saturated rings. The third-order valence-corrected chi connectivity index (χ3v) is 12.7. The zero-order valence-corrected chi connectivity index (χ0v) is 21.6. The molecule has 0 aliphatic heterocycles.